The lowest BCUT2D eigenvalue weighted by atomic mass is 10.3. The number of amides is 1. The van der Waals surface area contributed by atoms with E-state index in [2.05, 4.69) is 33.6 Å². The first-order chi connectivity index (χ1) is 14.9. The summed E-state index contributed by atoms with van der Waals surface area (Å²) < 4.78 is 6.05. The zero-order valence-corrected chi connectivity index (χ0v) is 19.2. The number of ether oxygens (including phenoxy) is 1. The van der Waals surface area contributed by atoms with E-state index in [9.17, 15) is 4.79 Å². The number of hydrogen-bond acceptors (Lipinski definition) is 8. The lowest BCUT2D eigenvalue weighted by Gasteiger charge is -2.33. The number of hydrogen-bond donors (Lipinski definition) is 1. The Morgan fingerprint density at radius 1 is 1.32 bits per heavy atom. The molecule has 2 heterocycles. The van der Waals surface area contributed by atoms with E-state index in [1.807, 2.05) is 38.4 Å². The fourth-order valence-electron chi connectivity index (χ4n) is 3.01. The molecule has 1 aromatic carbocycles. The summed E-state index contributed by atoms with van der Waals surface area (Å²) in [5.74, 6) is 1.12. The molecule has 0 atom stereocenters. The van der Waals surface area contributed by atoms with Gasteiger partial charge in [-0.2, -0.15) is 0 Å². The fraction of sp³-hybridized carbons (Fsp3) is 0.409. The summed E-state index contributed by atoms with van der Waals surface area (Å²) in [7, 11) is 6.16. The van der Waals surface area contributed by atoms with Crippen LogP contribution >= 0.6 is 11.8 Å². The predicted octanol–water partition coefficient (Wildman–Crippen LogP) is 2.44. The Hall–Kier alpha value is -2.62. The molecule has 166 valence electrons. The summed E-state index contributed by atoms with van der Waals surface area (Å²) in [4.78, 5) is 28.6. The molecule has 1 N–H and O–H groups in total. The molecule has 0 aliphatic carbocycles. The van der Waals surface area contributed by atoms with Gasteiger partial charge in [0.15, 0.2) is 5.82 Å². The highest BCUT2D eigenvalue weighted by molar-refractivity contribution is 7.99. The maximum atomic E-state index is 11.6. The second kappa shape index (κ2) is 11.1. The van der Waals surface area contributed by atoms with E-state index in [0.717, 1.165) is 48.5 Å². The molecule has 1 aromatic heterocycles. The maximum Gasteiger partial charge on any atom is 0.258 e. The van der Waals surface area contributed by atoms with Gasteiger partial charge in [0.05, 0.1) is 6.20 Å². The molecule has 1 aliphatic heterocycles. The van der Waals surface area contributed by atoms with E-state index < -0.39 is 0 Å². The number of rotatable bonds is 9. The molecule has 0 saturated carbocycles. The van der Waals surface area contributed by atoms with E-state index in [4.69, 9.17) is 14.7 Å². The summed E-state index contributed by atoms with van der Waals surface area (Å²) in [6, 6.07) is 7.59. The molecule has 1 aliphatic rings. The number of nitrogens with zero attached hydrogens (tertiary/aromatic N) is 5. The molecule has 9 heteroatoms. The lowest BCUT2D eigenvalue weighted by Crippen LogP contribution is -2.45. The third-order valence-corrected chi connectivity index (χ3v) is 5.69. The third kappa shape index (κ3) is 6.95. The van der Waals surface area contributed by atoms with Crippen LogP contribution in [0.25, 0.3) is 0 Å². The number of aromatic nitrogens is 2. The second-order valence-electron chi connectivity index (χ2n) is 7.60. The zero-order chi connectivity index (χ0) is 22.2. The van der Waals surface area contributed by atoms with Crippen LogP contribution in [-0.4, -0.2) is 86.1 Å². The highest BCUT2D eigenvalue weighted by atomic mass is 32.2. The summed E-state index contributed by atoms with van der Waals surface area (Å²) in [5.41, 5.74) is 0.708. The highest BCUT2D eigenvalue weighted by Gasteiger charge is 2.21. The minimum Gasteiger partial charge on any atom is -0.474 e. The largest absolute Gasteiger partial charge is 0.474 e. The van der Waals surface area contributed by atoms with E-state index in [-0.39, 0.29) is 5.91 Å². The van der Waals surface area contributed by atoms with Gasteiger partial charge in [0.25, 0.3) is 5.88 Å². The molecule has 0 radical (unpaired) electrons. The van der Waals surface area contributed by atoms with Crippen LogP contribution in [0.15, 0.2) is 53.0 Å². The minimum atomic E-state index is -0.241. The van der Waals surface area contributed by atoms with E-state index in [1.54, 1.807) is 6.20 Å². The lowest BCUT2D eigenvalue weighted by molar-refractivity contribution is -0.111. The van der Waals surface area contributed by atoms with Crippen LogP contribution in [0.2, 0.25) is 0 Å². The van der Waals surface area contributed by atoms with Crippen molar-refractivity contribution < 1.29 is 9.53 Å². The summed E-state index contributed by atoms with van der Waals surface area (Å²) in [6.45, 7) is 8.58. The Morgan fingerprint density at radius 3 is 2.81 bits per heavy atom. The van der Waals surface area contributed by atoms with Gasteiger partial charge in [-0.3, -0.25) is 4.79 Å². The molecule has 31 heavy (non-hydrogen) atoms. The van der Waals surface area contributed by atoms with Crippen molar-refractivity contribution in [1.82, 2.24) is 19.8 Å². The van der Waals surface area contributed by atoms with Crippen LogP contribution in [0.4, 0.5) is 11.5 Å². The fourth-order valence-corrected chi connectivity index (χ4v) is 3.82. The minimum absolute atomic E-state index is 0.241. The van der Waals surface area contributed by atoms with Crippen LogP contribution in [0.1, 0.15) is 0 Å². The van der Waals surface area contributed by atoms with Crippen molar-refractivity contribution in [3.05, 3.63) is 43.1 Å². The summed E-state index contributed by atoms with van der Waals surface area (Å²) in [5, 5.41) is 3.52. The Morgan fingerprint density at radius 2 is 2.10 bits per heavy atom. The van der Waals surface area contributed by atoms with Crippen molar-refractivity contribution in [2.45, 2.75) is 9.92 Å². The highest BCUT2D eigenvalue weighted by Crippen LogP contribution is 2.32. The first-order valence-corrected chi connectivity index (χ1v) is 11.1. The number of anilines is 2. The van der Waals surface area contributed by atoms with Crippen LogP contribution in [0.5, 0.6) is 5.88 Å². The van der Waals surface area contributed by atoms with Crippen LogP contribution in [-0.2, 0) is 4.79 Å². The maximum absolute atomic E-state index is 11.6. The Labute approximate surface area is 188 Å². The topological polar surface area (TPSA) is 73.8 Å². The number of carbonyl (C=O) groups is 1. The predicted molar refractivity (Wildman–Crippen MR) is 125 cm³/mol. The van der Waals surface area contributed by atoms with E-state index in [0.29, 0.717) is 18.2 Å². The van der Waals surface area contributed by atoms with Gasteiger partial charge in [0, 0.05) is 43.3 Å². The average Bonchev–Trinajstić information content (AvgIpc) is 2.75. The van der Waals surface area contributed by atoms with Crippen LogP contribution in [0, 0.1) is 0 Å². The number of carbonyl (C=O) groups excluding carboxylic acids is 1. The van der Waals surface area contributed by atoms with Gasteiger partial charge in [-0.25, -0.2) is 9.97 Å². The standard InChI is InChI=1S/C22H30N6O2S/c1-5-19(29)24-17-7-6-8-18(15-17)31-20-16-23-21(28-11-9-27(4)10-12-28)22(25-20)30-14-13-26(2)3/h5-8,15-16H,1,9-14H2,2-4H3,(H,24,29). The Balaban J connectivity index is 1.78. The molecule has 2 aromatic rings. The van der Waals surface area contributed by atoms with Crippen molar-refractivity contribution in [1.29, 1.82) is 0 Å². The average molecular weight is 443 g/mol. The Bertz CT molecular complexity index is 899. The van der Waals surface area contributed by atoms with Crippen molar-refractivity contribution in [3.8, 4) is 5.88 Å². The van der Waals surface area contributed by atoms with Crippen molar-refractivity contribution in [2.75, 3.05) is 70.7 Å². The second-order valence-corrected chi connectivity index (χ2v) is 8.70. The zero-order valence-electron chi connectivity index (χ0n) is 18.4. The van der Waals surface area contributed by atoms with Gasteiger partial charge in [0.2, 0.25) is 5.91 Å². The summed E-state index contributed by atoms with van der Waals surface area (Å²) >= 11 is 1.48. The van der Waals surface area contributed by atoms with Gasteiger partial charge in [-0.15, -0.1) is 0 Å². The van der Waals surface area contributed by atoms with Gasteiger partial charge >= 0.3 is 0 Å². The molecule has 1 fully saturated rings. The molecular formula is C22H30N6O2S. The first-order valence-electron chi connectivity index (χ1n) is 10.2. The van der Waals surface area contributed by atoms with Crippen molar-refractivity contribution in [3.63, 3.8) is 0 Å². The van der Waals surface area contributed by atoms with E-state index in [1.165, 1.54) is 17.8 Å². The van der Waals surface area contributed by atoms with Crippen molar-refractivity contribution >= 4 is 29.2 Å². The number of piperazine rings is 1. The van der Waals surface area contributed by atoms with Crippen LogP contribution < -0.4 is 15.0 Å². The smallest absolute Gasteiger partial charge is 0.258 e. The van der Waals surface area contributed by atoms with Crippen LogP contribution in [0.3, 0.4) is 0 Å². The molecule has 0 spiro atoms. The summed E-state index contributed by atoms with van der Waals surface area (Å²) in [6.07, 6.45) is 3.03. The Kier molecular flexibility index (Phi) is 8.27. The first kappa shape index (κ1) is 23.1. The normalized spacial score (nSPS) is 14.5. The monoisotopic (exact) mass is 442 g/mol. The van der Waals surface area contributed by atoms with Gasteiger partial charge in [-0.05, 0) is 45.4 Å². The third-order valence-electron chi connectivity index (χ3n) is 4.79. The molecule has 1 amide bonds. The molecular weight excluding hydrogens is 412 g/mol. The quantitative estimate of drug-likeness (QED) is 0.594. The van der Waals surface area contributed by atoms with Gasteiger partial charge in [-0.1, -0.05) is 24.4 Å². The van der Waals surface area contributed by atoms with Gasteiger partial charge < -0.3 is 24.8 Å². The van der Waals surface area contributed by atoms with E-state index >= 15 is 0 Å². The molecule has 1 saturated heterocycles. The van der Waals surface area contributed by atoms with Gasteiger partial charge in [0.1, 0.15) is 11.6 Å². The number of nitrogens with one attached hydrogen (secondary N) is 1. The number of benzene rings is 1. The number of likely N-dealkylation sites (N-methyl/N-ethyl adjacent to an activating group) is 2. The molecule has 0 bridgehead atoms. The molecule has 0 unspecified atom stereocenters. The molecule has 8 nitrogen and oxygen atoms in total. The SMILES string of the molecule is C=CC(=O)Nc1cccc(Sc2cnc(N3CCN(C)CC3)c(OCCN(C)C)n2)c1. The molecule has 3 rings (SSSR count). The van der Waals surface area contributed by atoms with Crippen molar-refractivity contribution in [2.24, 2.45) is 0 Å².